The van der Waals surface area contributed by atoms with E-state index in [0.29, 0.717) is 0 Å². The van der Waals surface area contributed by atoms with E-state index in [0.717, 1.165) is 0 Å². The van der Waals surface area contributed by atoms with Gasteiger partial charge in [-0.2, -0.15) is 0 Å². The van der Waals surface area contributed by atoms with Crippen LogP contribution in [-0.4, -0.2) is 34.6 Å². The van der Waals surface area contributed by atoms with E-state index < -0.39 is 12.2 Å². The second-order valence-electron chi connectivity index (χ2n) is 4.55. The van der Waals surface area contributed by atoms with Gasteiger partial charge in [-0.25, -0.2) is 0 Å². The zero-order valence-corrected chi connectivity index (χ0v) is 9.36. The highest BCUT2D eigenvalue weighted by atomic mass is 16.5. The van der Waals surface area contributed by atoms with Crippen molar-refractivity contribution in [1.29, 1.82) is 0 Å². The molecule has 0 aromatic carbocycles. The van der Waals surface area contributed by atoms with Gasteiger partial charge in [0.15, 0.2) is 11.5 Å². The van der Waals surface area contributed by atoms with Crippen LogP contribution in [0, 0.1) is 0 Å². The third-order valence-electron chi connectivity index (χ3n) is 1.95. The van der Waals surface area contributed by atoms with E-state index in [4.69, 9.17) is 9.47 Å². The van der Waals surface area contributed by atoms with Gasteiger partial charge in [0.25, 0.3) is 0 Å². The van der Waals surface area contributed by atoms with Crippen molar-refractivity contribution in [2.24, 2.45) is 0 Å². The molecule has 2 atom stereocenters. The van der Waals surface area contributed by atoms with Crippen LogP contribution in [0.5, 0.6) is 0 Å². The van der Waals surface area contributed by atoms with E-state index in [9.17, 15) is 10.2 Å². The summed E-state index contributed by atoms with van der Waals surface area (Å²) in [7, 11) is 0. The Kier molecular flexibility index (Phi) is 3.42. The molecule has 1 rings (SSSR count). The molecule has 1 aliphatic heterocycles. The molecule has 0 bridgehead atoms. The largest absolute Gasteiger partial charge is 0.504 e. The molecule has 0 aliphatic carbocycles. The van der Waals surface area contributed by atoms with Crippen LogP contribution < -0.4 is 0 Å². The predicted octanol–water partition coefficient (Wildman–Crippen LogP) is 1.52. The average Bonchev–Trinajstić information content (AvgIpc) is 2.42. The van der Waals surface area contributed by atoms with E-state index in [2.05, 4.69) is 6.58 Å². The predicted molar refractivity (Wildman–Crippen MR) is 56.4 cm³/mol. The van der Waals surface area contributed by atoms with Gasteiger partial charge in [-0.05, 0) is 20.8 Å². The molecule has 0 fully saturated rings. The lowest BCUT2D eigenvalue weighted by molar-refractivity contribution is -0.0766. The molecule has 1 aliphatic rings. The van der Waals surface area contributed by atoms with Crippen LogP contribution in [0.4, 0.5) is 0 Å². The van der Waals surface area contributed by atoms with Gasteiger partial charge in [-0.3, -0.25) is 0 Å². The van der Waals surface area contributed by atoms with Crippen molar-refractivity contribution >= 4 is 0 Å². The fraction of sp³-hybridized carbons (Fsp3) is 0.636. The topological polar surface area (TPSA) is 58.9 Å². The van der Waals surface area contributed by atoms with Gasteiger partial charge in [-0.1, -0.05) is 6.58 Å². The minimum absolute atomic E-state index is 0.0187. The van der Waals surface area contributed by atoms with Crippen molar-refractivity contribution in [2.45, 2.75) is 38.6 Å². The quantitative estimate of drug-likeness (QED) is 0.747. The van der Waals surface area contributed by atoms with Crippen molar-refractivity contribution in [3.8, 4) is 0 Å². The summed E-state index contributed by atoms with van der Waals surface area (Å²) in [5, 5.41) is 18.9. The number of hydrogen-bond donors (Lipinski definition) is 2. The van der Waals surface area contributed by atoms with Crippen LogP contribution in [0.1, 0.15) is 20.8 Å². The highest BCUT2D eigenvalue weighted by Crippen LogP contribution is 2.22. The minimum atomic E-state index is -0.800. The highest BCUT2D eigenvalue weighted by molar-refractivity contribution is 5.23. The minimum Gasteiger partial charge on any atom is -0.504 e. The Hall–Kier alpha value is -1.00. The summed E-state index contributed by atoms with van der Waals surface area (Å²) in [6, 6.07) is 0. The van der Waals surface area contributed by atoms with Crippen LogP contribution >= 0.6 is 0 Å². The third-order valence-corrected chi connectivity index (χ3v) is 1.95. The Labute approximate surface area is 89.8 Å². The molecule has 4 heteroatoms. The van der Waals surface area contributed by atoms with Gasteiger partial charge >= 0.3 is 0 Å². The lowest BCUT2D eigenvalue weighted by Gasteiger charge is -2.23. The average molecular weight is 214 g/mol. The molecule has 15 heavy (non-hydrogen) atoms. The molecular weight excluding hydrogens is 196 g/mol. The standard InChI is InChI=1S/C11H18O4/c1-7-8(12)5-10(15-7)9(13)6-14-11(2,3)4/h5,9-10,12-13H,1,6H2,2-4H3. The molecule has 1 heterocycles. The van der Waals surface area contributed by atoms with Crippen LogP contribution in [0.25, 0.3) is 0 Å². The van der Waals surface area contributed by atoms with Crippen molar-refractivity contribution < 1.29 is 19.7 Å². The molecule has 4 nitrogen and oxygen atoms in total. The van der Waals surface area contributed by atoms with Gasteiger partial charge in [0, 0.05) is 6.08 Å². The van der Waals surface area contributed by atoms with E-state index in [-0.39, 0.29) is 23.7 Å². The Bertz CT molecular complexity index is 275. The van der Waals surface area contributed by atoms with Crippen molar-refractivity contribution in [3.05, 3.63) is 24.2 Å². The summed E-state index contributed by atoms with van der Waals surface area (Å²) in [5.41, 5.74) is -0.303. The van der Waals surface area contributed by atoms with Gasteiger partial charge in [0.2, 0.25) is 0 Å². The third kappa shape index (κ3) is 3.57. The number of rotatable bonds is 3. The van der Waals surface area contributed by atoms with Gasteiger partial charge in [0.1, 0.15) is 12.2 Å². The summed E-state index contributed by atoms with van der Waals surface area (Å²) < 4.78 is 10.5. The second kappa shape index (κ2) is 4.24. The van der Waals surface area contributed by atoms with Crippen LogP contribution in [0.2, 0.25) is 0 Å². The maximum atomic E-state index is 9.70. The van der Waals surface area contributed by atoms with Crippen LogP contribution in [0.3, 0.4) is 0 Å². The smallest absolute Gasteiger partial charge is 0.156 e. The Morgan fingerprint density at radius 2 is 2.20 bits per heavy atom. The molecule has 2 unspecified atom stereocenters. The van der Waals surface area contributed by atoms with E-state index >= 15 is 0 Å². The summed E-state index contributed by atoms with van der Waals surface area (Å²) in [5.74, 6) is 0.171. The van der Waals surface area contributed by atoms with E-state index in [1.807, 2.05) is 20.8 Å². The highest BCUT2D eigenvalue weighted by Gasteiger charge is 2.28. The maximum Gasteiger partial charge on any atom is 0.156 e. The first-order valence-corrected chi connectivity index (χ1v) is 4.88. The van der Waals surface area contributed by atoms with Crippen molar-refractivity contribution in [3.63, 3.8) is 0 Å². The summed E-state index contributed by atoms with van der Waals surface area (Å²) >= 11 is 0. The lowest BCUT2D eigenvalue weighted by atomic mass is 10.1. The molecule has 0 radical (unpaired) electrons. The van der Waals surface area contributed by atoms with Gasteiger partial charge < -0.3 is 19.7 Å². The van der Waals surface area contributed by atoms with Gasteiger partial charge in [0.05, 0.1) is 12.2 Å². The molecule has 0 saturated carbocycles. The summed E-state index contributed by atoms with van der Waals surface area (Å²) in [6.45, 7) is 9.35. The Balaban J connectivity index is 2.43. The van der Waals surface area contributed by atoms with E-state index in [1.54, 1.807) is 0 Å². The zero-order chi connectivity index (χ0) is 11.6. The monoisotopic (exact) mass is 214 g/mol. The number of aliphatic hydroxyl groups is 2. The molecule has 0 aromatic heterocycles. The molecule has 0 amide bonds. The molecule has 86 valence electrons. The molecular formula is C11H18O4. The molecule has 0 aromatic rings. The number of aliphatic hydroxyl groups excluding tert-OH is 2. The van der Waals surface area contributed by atoms with Crippen molar-refractivity contribution in [2.75, 3.05) is 6.61 Å². The Morgan fingerprint density at radius 1 is 1.60 bits per heavy atom. The SMILES string of the molecule is C=C1OC(C(O)COC(C)(C)C)C=C1O. The zero-order valence-electron chi connectivity index (χ0n) is 9.36. The van der Waals surface area contributed by atoms with Crippen molar-refractivity contribution in [1.82, 2.24) is 0 Å². The summed E-state index contributed by atoms with van der Waals surface area (Å²) in [6.07, 6.45) is 0.0597. The number of ether oxygens (including phenoxy) is 2. The first-order chi connectivity index (χ1) is 6.79. The second-order valence-corrected chi connectivity index (χ2v) is 4.55. The lowest BCUT2D eigenvalue weighted by Crippen LogP contribution is -2.33. The molecule has 0 spiro atoms. The number of hydrogen-bond acceptors (Lipinski definition) is 4. The first-order valence-electron chi connectivity index (χ1n) is 4.88. The van der Waals surface area contributed by atoms with E-state index in [1.165, 1.54) is 6.08 Å². The van der Waals surface area contributed by atoms with Gasteiger partial charge in [-0.15, -0.1) is 0 Å². The van der Waals surface area contributed by atoms with Crippen LogP contribution in [0.15, 0.2) is 24.2 Å². The normalized spacial score (nSPS) is 23.6. The molecule has 0 saturated heterocycles. The Morgan fingerprint density at radius 3 is 2.60 bits per heavy atom. The van der Waals surface area contributed by atoms with Crippen LogP contribution in [-0.2, 0) is 9.47 Å². The molecule has 2 N–H and O–H groups in total. The fourth-order valence-corrected chi connectivity index (χ4v) is 1.13. The fourth-order valence-electron chi connectivity index (χ4n) is 1.13. The maximum absolute atomic E-state index is 9.70. The summed E-state index contributed by atoms with van der Waals surface area (Å²) in [4.78, 5) is 0. The first kappa shape index (κ1) is 12.1.